The van der Waals surface area contributed by atoms with Crippen LogP contribution in [0.4, 0.5) is 0 Å². The predicted molar refractivity (Wildman–Crippen MR) is 71.2 cm³/mol. The lowest BCUT2D eigenvalue weighted by atomic mass is 9.84. The first-order chi connectivity index (χ1) is 8.50. The molecule has 0 spiro atoms. The Morgan fingerprint density at radius 1 is 1.56 bits per heavy atom. The minimum atomic E-state index is -1.31. The van der Waals surface area contributed by atoms with E-state index in [1.165, 1.54) is 0 Å². The molecule has 4 nitrogen and oxygen atoms in total. The first kappa shape index (κ1) is 13.2. The van der Waals surface area contributed by atoms with Crippen molar-refractivity contribution in [1.29, 1.82) is 0 Å². The Morgan fingerprint density at radius 2 is 2.28 bits per heavy atom. The third kappa shape index (κ3) is 1.97. The lowest BCUT2D eigenvalue weighted by molar-refractivity contribution is -0.144. The third-order valence-corrected chi connectivity index (χ3v) is 4.53. The molecule has 0 bridgehead atoms. The summed E-state index contributed by atoms with van der Waals surface area (Å²) in [5.74, 6) is 0.597. The van der Waals surface area contributed by atoms with Crippen LogP contribution in [0.1, 0.15) is 24.0 Å². The summed E-state index contributed by atoms with van der Waals surface area (Å²) in [5.41, 5.74) is 6.47. The molecule has 1 aromatic rings. The van der Waals surface area contributed by atoms with E-state index >= 15 is 0 Å². The summed E-state index contributed by atoms with van der Waals surface area (Å²) < 4.78 is 5.33. The predicted octanol–water partition coefficient (Wildman–Crippen LogP) is 2.13. The fourth-order valence-corrected chi connectivity index (χ4v) is 3.66. The molecule has 0 aromatic heterocycles. The lowest BCUT2D eigenvalue weighted by Crippen LogP contribution is -2.45. The van der Waals surface area contributed by atoms with Crippen molar-refractivity contribution < 1.29 is 14.6 Å². The molecule has 1 unspecified atom stereocenters. The Bertz CT molecular complexity index is 489. The van der Waals surface area contributed by atoms with Gasteiger partial charge in [-0.1, -0.05) is 6.07 Å². The number of carboxylic acid groups (broad SMARTS) is 1. The molecule has 0 aliphatic carbocycles. The van der Waals surface area contributed by atoms with E-state index < -0.39 is 11.5 Å². The van der Waals surface area contributed by atoms with Crippen molar-refractivity contribution in [3.8, 4) is 5.75 Å². The molecule has 1 aliphatic rings. The zero-order valence-electron chi connectivity index (χ0n) is 10.5. The van der Waals surface area contributed by atoms with Crippen LogP contribution < -0.4 is 10.5 Å². The number of fused-ring (bicyclic) bond motifs is 1. The Morgan fingerprint density at radius 3 is 2.89 bits per heavy atom. The van der Waals surface area contributed by atoms with Crippen LogP contribution in [0.15, 0.2) is 17.0 Å². The van der Waals surface area contributed by atoms with Gasteiger partial charge in [-0.25, -0.2) is 4.79 Å². The van der Waals surface area contributed by atoms with Gasteiger partial charge in [-0.3, -0.25) is 0 Å². The molecule has 1 aromatic carbocycles. The van der Waals surface area contributed by atoms with Crippen LogP contribution in [0.3, 0.4) is 0 Å². The summed E-state index contributed by atoms with van der Waals surface area (Å²) in [7, 11) is 1.59. The minimum Gasteiger partial charge on any atom is -0.496 e. The van der Waals surface area contributed by atoms with Gasteiger partial charge in [0.25, 0.3) is 0 Å². The quantitative estimate of drug-likeness (QED) is 0.858. The van der Waals surface area contributed by atoms with Gasteiger partial charge in [-0.05, 0) is 37.1 Å². The fraction of sp³-hybridized carbons (Fsp3) is 0.462. The molecule has 18 heavy (non-hydrogen) atoms. The first-order valence-electron chi connectivity index (χ1n) is 5.84. The maximum absolute atomic E-state index is 11.6. The summed E-state index contributed by atoms with van der Waals surface area (Å²) in [6, 6.07) is 3.74. The van der Waals surface area contributed by atoms with Crippen molar-refractivity contribution in [1.82, 2.24) is 0 Å². The molecule has 0 saturated carbocycles. The number of ether oxygens (including phenoxy) is 1. The average molecular weight is 267 g/mol. The van der Waals surface area contributed by atoms with Crippen molar-refractivity contribution >= 4 is 17.7 Å². The average Bonchev–Trinajstić information content (AvgIpc) is 2.51. The highest BCUT2D eigenvalue weighted by Gasteiger charge is 2.41. The normalized spacial score (nSPS) is 23.1. The van der Waals surface area contributed by atoms with Crippen LogP contribution in [0, 0.1) is 6.92 Å². The number of thioether (sulfide) groups is 1. The van der Waals surface area contributed by atoms with Crippen molar-refractivity contribution in [3.05, 3.63) is 23.3 Å². The van der Waals surface area contributed by atoms with Crippen LogP contribution in [-0.4, -0.2) is 23.9 Å². The molecular formula is C13H17NO3S. The van der Waals surface area contributed by atoms with Crippen molar-refractivity contribution in [3.63, 3.8) is 0 Å². The number of methoxy groups -OCH3 is 1. The van der Waals surface area contributed by atoms with Crippen molar-refractivity contribution in [2.75, 3.05) is 12.9 Å². The largest absolute Gasteiger partial charge is 0.496 e. The van der Waals surface area contributed by atoms with Gasteiger partial charge in [-0.2, -0.15) is 0 Å². The molecule has 2 rings (SSSR count). The van der Waals surface area contributed by atoms with E-state index in [1.807, 2.05) is 19.1 Å². The number of hydrogen-bond donors (Lipinski definition) is 2. The molecule has 98 valence electrons. The first-order valence-corrected chi connectivity index (χ1v) is 6.82. The summed E-state index contributed by atoms with van der Waals surface area (Å²) in [5, 5.41) is 9.48. The molecule has 3 N–H and O–H groups in total. The second-order valence-electron chi connectivity index (χ2n) is 4.52. The second-order valence-corrected chi connectivity index (χ2v) is 5.62. The molecular weight excluding hydrogens is 250 g/mol. The van der Waals surface area contributed by atoms with Gasteiger partial charge in [0.2, 0.25) is 0 Å². The van der Waals surface area contributed by atoms with Crippen LogP contribution in [0.2, 0.25) is 0 Å². The Kier molecular flexibility index (Phi) is 3.54. The highest BCUT2D eigenvalue weighted by molar-refractivity contribution is 7.99. The zero-order valence-corrected chi connectivity index (χ0v) is 11.3. The molecule has 0 amide bonds. The summed E-state index contributed by atoms with van der Waals surface area (Å²) in [4.78, 5) is 12.4. The molecule has 1 heterocycles. The van der Waals surface area contributed by atoms with Crippen LogP contribution in [0.25, 0.3) is 0 Å². The van der Waals surface area contributed by atoms with Gasteiger partial charge < -0.3 is 15.6 Å². The summed E-state index contributed by atoms with van der Waals surface area (Å²) in [6.07, 6.45) is 1.24. The smallest absolute Gasteiger partial charge is 0.328 e. The Labute approximate surface area is 111 Å². The van der Waals surface area contributed by atoms with Crippen molar-refractivity contribution in [2.45, 2.75) is 30.2 Å². The molecule has 1 atom stereocenters. The number of nitrogens with two attached hydrogens (primary N) is 1. The van der Waals surface area contributed by atoms with Gasteiger partial charge >= 0.3 is 5.97 Å². The highest BCUT2D eigenvalue weighted by Crippen LogP contribution is 2.44. The van der Waals surface area contributed by atoms with E-state index in [4.69, 9.17) is 10.5 Å². The van der Waals surface area contributed by atoms with Gasteiger partial charge in [0, 0.05) is 5.56 Å². The van der Waals surface area contributed by atoms with Crippen LogP contribution in [-0.2, 0) is 10.3 Å². The van der Waals surface area contributed by atoms with E-state index in [9.17, 15) is 9.90 Å². The summed E-state index contributed by atoms with van der Waals surface area (Å²) in [6.45, 7) is 1.90. The zero-order chi connectivity index (χ0) is 13.3. The SMILES string of the molecule is COc1ccc(C)c2c1SCCCC2(N)C(=O)O. The summed E-state index contributed by atoms with van der Waals surface area (Å²) >= 11 is 1.63. The number of carboxylic acids is 1. The number of aryl methyl sites for hydroxylation is 1. The van der Waals surface area contributed by atoms with Gasteiger partial charge in [-0.15, -0.1) is 11.8 Å². The number of rotatable bonds is 2. The van der Waals surface area contributed by atoms with E-state index in [-0.39, 0.29) is 0 Å². The van der Waals surface area contributed by atoms with Gasteiger partial charge in [0.1, 0.15) is 11.3 Å². The van der Waals surface area contributed by atoms with Crippen molar-refractivity contribution in [2.24, 2.45) is 5.73 Å². The van der Waals surface area contributed by atoms with Gasteiger partial charge in [0.05, 0.1) is 12.0 Å². The fourth-order valence-electron chi connectivity index (χ4n) is 2.38. The van der Waals surface area contributed by atoms with Crippen LogP contribution in [0.5, 0.6) is 5.75 Å². The number of aliphatic carboxylic acids is 1. The second kappa shape index (κ2) is 4.82. The monoisotopic (exact) mass is 267 g/mol. The van der Waals surface area contributed by atoms with E-state index in [0.717, 1.165) is 22.6 Å². The maximum Gasteiger partial charge on any atom is 0.328 e. The Balaban J connectivity index is 2.71. The molecule has 5 heteroatoms. The number of carbonyl (C=O) groups is 1. The molecule has 1 aliphatic heterocycles. The van der Waals surface area contributed by atoms with E-state index in [2.05, 4.69) is 0 Å². The number of benzene rings is 1. The molecule has 0 saturated heterocycles. The van der Waals surface area contributed by atoms with E-state index in [0.29, 0.717) is 17.7 Å². The molecule has 0 fully saturated rings. The van der Waals surface area contributed by atoms with E-state index in [1.54, 1.807) is 18.9 Å². The third-order valence-electron chi connectivity index (χ3n) is 3.34. The number of hydrogen-bond acceptors (Lipinski definition) is 4. The topological polar surface area (TPSA) is 72.5 Å². The Hall–Kier alpha value is -1.20. The maximum atomic E-state index is 11.6. The highest BCUT2D eigenvalue weighted by atomic mass is 32.2. The van der Waals surface area contributed by atoms with Crippen LogP contribution >= 0.6 is 11.8 Å². The minimum absolute atomic E-state index is 0.455. The standard InChI is InChI=1S/C13H17NO3S/c1-8-4-5-9(17-2)11-10(8)13(14,12(15)16)6-3-7-18-11/h4-5H,3,6-7,14H2,1-2H3,(H,15,16). The lowest BCUT2D eigenvalue weighted by Gasteiger charge is -2.27. The van der Waals surface area contributed by atoms with Gasteiger partial charge in [0.15, 0.2) is 0 Å². The molecule has 0 radical (unpaired) electrons.